The Morgan fingerprint density at radius 2 is 0.818 bits per heavy atom. The molecule has 330 valence electrons. The van der Waals surface area contributed by atoms with Crippen molar-refractivity contribution < 1.29 is 22.4 Å². The van der Waals surface area contributed by atoms with Gasteiger partial charge >= 0.3 is 22.4 Å². The number of nitrogens with zero attached hydrogens (tertiary/aromatic N) is 2. The molecule has 0 aliphatic rings. The minimum atomic E-state index is -2.23. The minimum absolute atomic E-state index is 0. The van der Waals surface area contributed by atoms with Crippen LogP contribution in [0.25, 0.3) is 33.6 Å². The molecule has 0 unspecified atom stereocenters. The van der Waals surface area contributed by atoms with Gasteiger partial charge in [0.25, 0.3) is 0 Å². The van der Waals surface area contributed by atoms with E-state index >= 15 is 0 Å². The summed E-state index contributed by atoms with van der Waals surface area (Å²) in [4.78, 5) is 7.38. The Kier molecular flexibility index (Phi) is 15.4. The van der Waals surface area contributed by atoms with Crippen LogP contribution in [0.5, 0.6) is 0 Å². The minimum Gasteiger partial charge on any atom is -0.345 e. The summed E-state index contributed by atoms with van der Waals surface area (Å²) in [5.41, 5.74) is 12.0. The van der Waals surface area contributed by atoms with Crippen molar-refractivity contribution >= 4 is 50.8 Å². The Morgan fingerprint density at radius 1 is 0.439 bits per heavy atom. The van der Waals surface area contributed by atoms with Gasteiger partial charge in [0, 0.05) is 17.4 Å². The van der Waals surface area contributed by atoms with E-state index in [4.69, 9.17) is 16.8 Å². The average molecular weight is 1080 g/mol. The van der Waals surface area contributed by atoms with Gasteiger partial charge in [0.05, 0.1) is 0 Å². The van der Waals surface area contributed by atoms with Gasteiger partial charge in [-0.05, 0) is 73.5 Å². The average Bonchev–Trinajstić information content (AvgIpc) is 3.35. The Bertz CT molecular complexity index is 2750. The second kappa shape index (κ2) is 21.2. The second-order valence-corrected chi connectivity index (χ2v) is 22.6. The van der Waals surface area contributed by atoms with Crippen LogP contribution in [0.2, 0.25) is 0 Å². The van der Waals surface area contributed by atoms with Crippen molar-refractivity contribution in [3.63, 3.8) is 0 Å². The van der Waals surface area contributed by atoms with Crippen molar-refractivity contribution in [2.24, 2.45) is 0 Å². The summed E-state index contributed by atoms with van der Waals surface area (Å²) in [6, 6.07) is 83.9. The molecule has 0 saturated carbocycles. The molecule has 5 heteroatoms. The molecule has 1 heterocycles. The summed E-state index contributed by atoms with van der Waals surface area (Å²) < 4.78 is 0. The Labute approximate surface area is 414 Å². The van der Waals surface area contributed by atoms with Crippen molar-refractivity contribution in [1.29, 1.82) is 0 Å². The molecule has 0 radical (unpaired) electrons. The van der Waals surface area contributed by atoms with E-state index in [1.54, 1.807) is 0 Å². The van der Waals surface area contributed by atoms with Gasteiger partial charge in [-0.3, -0.25) is 0 Å². The fourth-order valence-electron chi connectivity index (χ4n) is 7.79. The Hall–Kier alpha value is -5.90. The molecule has 9 rings (SSSR count). The molecular formula is C61H54AuN2PS. The third kappa shape index (κ3) is 11.2. The number of benzene rings is 8. The van der Waals surface area contributed by atoms with Gasteiger partial charge in [-0.2, -0.15) is 18.2 Å². The molecule has 0 bridgehead atoms. The van der Waals surface area contributed by atoms with Gasteiger partial charge < -0.3 is 9.88 Å². The molecule has 2 nitrogen and oxygen atoms in total. The molecule has 0 fully saturated rings. The van der Waals surface area contributed by atoms with Gasteiger partial charge in [0.1, 0.15) is 0 Å². The molecule has 0 aliphatic heterocycles. The summed E-state index contributed by atoms with van der Waals surface area (Å²) >= 11 is 6.60. The van der Waals surface area contributed by atoms with Gasteiger partial charge in [-0.25, -0.2) is 0 Å². The third-order valence-electron chi connectivity index (χ3n) is 11.5. The SMILES string of the molecule is CC(C)(C)c1c[c-]c(-c2cc(-c3ccc(P(=S)(c4ccccc4)c4ccccc4)cc3)cc(-c3[c-]cc(C(C)(C)C)cc3)n2)cc1.[Au+3].[c-]1ccc(N(c2ccccc2)c2ccccc2)cc1. The van der Waals surface area contributed by atoms with Crippen LogP contribution in [0.15, 0.2) is 218 Å². The Morgan fingerprint density at radius 3 is 1.20 bits per heavy atom. The number of para-hydroxylation sites is 2. The predicted molar refractivity (Wildman–Crippen MR) is 282 cm³/mol. The number of rotatable bonds is 9. The van der Waals surface area contributed by atoms with Crippen LogP contribution >= 0.6 is 6.04 Å². The fourth-order valence-corrected chi connectivity index (χ4v) is 11.5. The van der Waals surface area contributed by atoms with Crippen LogP contribution in [0.3, 0.4) is 0 Å². The number of hydrogen-bond donors (Lipinski definition) is 0. The van der Waals surface area contributed by atoms with Crippen molar-refractivity contribution in [2.75, 3.05) is 4.90 Å². The summed E-state index contributed by atoms with van der Waals surface area (Å²) in [6.07, 6.45) is 0. The van der Waals surface area contributed by atoms with Crippen molar-refractivity contribution in [3.05, 3.63) is 248 Å². The molecule has 0 aliphatic carbocycles. The monoisotopic (exact) mass is 1070 g/mol. The second-order valence-electron chi connectivity index (χ2n) is 18.2. The standard InChI is InChI=1S/C43H40NPS.C18H14N.Au/c1-42(2,3)35-23-17-32(18-24-35)40-29-34(30-41(44-40)33-19-25-36(26-20-33)43(4,5)6)31-21-27-39(28-22-31)45(46,37-13-9-7-10-14-37)38-15-11-8-12-16-38;1-4-10-16(11-5-1)19(17-12-6-2-7-13-17)18-14-8-3-9-15-18;/h7-17,19,21-30H,1-6H3;1-2,4-15H;/q-2;-1;+3. The summed E-state index contributed by atoms with van der Waals surface area (Å²) in [7, 11) is 0. The molecule has 9 aromatic rings. The molecule has 1 aromatic heterocycles. The van der Waals surface area contributed by atoms with Gasteiger partial charge in [0.15, 0.2) is 0 Å². The first-order valence-electron chi connectivity index (χ1n) is 22.1. The fraction of sp³-hybridized carbons (Fsp3) is 0.131. The first-order chi connectivity index (χ1) is 31.4. The van der Waals surface area contributed by atoms with Crippen LogP contribution in [0, 0.1) is 18.2 Å². The normalized spacial score (nSPS) is 11.4. The molecule has 0 amide bonds. The van der Waals surface area contributed by atoms with E-state index in [1.165, 1.54) is 27.0 Å². The van der Waals surface area contributed by atoms with Crippen LogP contribution in [-0.2, 0) is 45.0 Å². The molecule has 66 heavy (non-hydrogen) atoms. The van der Waals surface area contributed by atoms with E-state index in [0.717, 1.165) is 50.7 Å². The largest absolute Gasteiger partial charge is 3.00 e. The number of hydrogen-bond acceptors (Lipinski definition) is 3. The first-order valence-corrected chi connectivity index (χ1v) is 24.9. The molecule has 8 aromatic carbocycles. The molecule has 0 N–H and O–H groups in total. The van der Waals surface area contributed by atoms with Crippen LogP contribution < -0.4 is 20.8 Å². The molecule has 0 atom stereocenters. The maximum absolute atomic E-state index is 6.60. The van der Waals surface area contributed by atoms with Gasteiger partial charge in [-0.15, -0.1) is 82.9 Å². The Balaban J connectivity index is 0.000000270. The van der Waals surface area contributed by atoms with E-state index in [9.17, 15) is 0 Å². The number of anilines is 3. The molecule has 0 spiro atoms. The van der Waals surface area contributed by atoms with E-state index in [-0.39, 0.29) is 33.2 Å². The van der Waals surface area contributed by atoms with Crippen LogP contribution in [0.4, 0.5) is 17.1 Å². The van der Waals surface area contributed by atoms with Crippen molar-refractivity contribution in [3.8, 4) is 33.6 Å². The molecular weight excluding hydrogens is 1020 g/mol. The smallest absolute Gasteiger partial charge is 0.345 e. The van der Waals surface area contributed by atoms with E-state index < -0.39 is 6.04 Å². The first kappa shape index (κ1) is 48.0. The van der Waals surface area contributed by atoms with Crippen LogP contribution in [0.1, 0.15) is 52.7 Å². The van der Waals surface area contributed by atoms with E-state index in [1.807, 2.05) is 24.3 Å². The maximum atomic E-state index is 6.60. The zero-order valence-electron chi connectivity index (χ0n) is 38.3. The third-order valence-corrected chi connectivity index (χ3v) is 16.5. The van der Waals surface area contributed by atoms with E-state index in [2.05, 4.69) is 259 Å². The zero-order valence-corrected chi connectivity index (χ0v) is 42.2. The number of pyridine rings is 1. The van der Waals surface area contributed by atoms with Crippen molar-refractivity contribution in [2.45, 2.75) is 52.4 Å². The predicted octanol–water partition coefficient (Wildman–Crippen LogP) is 15.0. The molecule has 0 saturated heterocycles. The number of aromatic nitrogens is 1. The quantitative estimate of drug-likeness (QED) is 0.0814. The van der Waals surface area contributed by atoms with Crippen LogP contribution in [-0.4, -0.2) is 4.98 Å². The summed E-state index contributed by atoms with van der Waals surface area (Å²) in [5.74, 6) is 0. The van der Waals surface area contributed by atoms with E-state index in [0.29, 0.717) is 0 Å². The zero-order chi connectivity index (χ0) is 45.4. The topological polar surface area (TPSA) is 16.1 Å². The summed E-state index contributed by atoms with van der Waals surface area (Å²) in [6.45, 7) is 13.4. The maximum Gasteiger partial charge on any atom is 3.00 e. The van der Waals surface area contributed by atoms with Gasteiger partial charge in [-0.1, -0.05) is 192 Å². The van der Waals surface area contributed by atoms with Gasteiger partial charge in [0.2, 0.25) is 0 Å². The van der Waals surface area contributed by atoms with Crippen molar-refractivity contribution in [1.82, 2.24) is 4.98 Å². The summed E-state index contributed by atoms with van der Waals surface area (Å²) in [5, 5.41) is 3.57.